The second kappa shape index (κ2) is 8.78. The number of thiocarbonyl (C=S) groups is 1. The summed E-state index contributed by atoms with van der Waals surface area (Å²) in [6, 6.07) is 7.15. The number of rotatable bonds is 5. The number of amides is 2. The minimum Gasteiger partial charge on any atom is -0.350 e. The predicted octanol–water partition coefficient (Wildman–Crippen LogP) is 3.22. The first-order chi connectivity index (χ1) is 11.5. The lowest BCUT2D eigenvalue weighted by atomic mass is 10.0. The zero-order valence-corrected chi connectivity index (χ0v) is 15.0. The van der Waals surface area contributed by atoms with Crippen molar-refractivity contribution in [2.75, 3.05) is 5.32 Å². The highest BCUT2D eigenvalue weighted by Gasteiger charge is 2.19. The number of carbonyl (C=O) groups is 2. The first-order valence-corrected chi connectivity index (χ1v) is 8.87. The van der Waals surface area contributed by atoms with E-state index in [4.69, 9.17) is 12.2 Å². The Balaban J connectivity index is 1.93. The maximum Gasteiger partial charge on any atom is 0.253 e. The molecule has 1 fully saturated rings. The number of anilines is 1. The first-order valence-electron chi connectivity index (χ1n) is 8.46. The fraction of sp³-hybridized carbons (Fsp3) is 0.500. The standard InChI is InChI=1S/C18H25N3O2S/c1-12(2)19-17(23)14-9-5-6-10-15(14)20-18(24)21-16(22)11-13-7-3-4-8-13/h5-6,9-10,12-13H,3-4,7-8,11H2,1-2H3,(H,19,23)(H2,20,21,22,24). The minimum atomic E-state index is -0.173. The van der Waals surface area contributed by atoms with Gasteiger partial charge in [0.25, 0.3) is 5.91 Å². The predicted molar refractivity (Wildman–Crippen MR) is 100.0 cm³/mol. The molecule has 1 aliphatic rings. The van der Waals surface area contributed by atoms with Crippen molar-refractivity contribution >= 4 is 34.8 Å². The van der Waals surface area contributed by atoms with Crippen molar-refractivity contribution in [3.63, 3.8) is 0 Å². The van der Waals surface area contributed by atoms with Gasteiger partial charge in [-0.05, 0) is 57.0 Å². The molecule has 5 nitrogen and oxygen atoms in total. The van der Waals surface area contributed by atoms with Crippen molar-refractivity contribution in [2.24, 2.45) is 5.92 Å². The topological polar surface area (TPSA) is 70.2 Å². The lowest BCUT2D eigenvalue weighted by molar-refractivity contribution is -0.120. The number of nitrogens with one attached hydrogen (secondary N) is 3. The fourth-order valence-electron chi connectivity index (χ4n) is 2.94. The highest BCUT2D eigenvalue weighted by molar-refractivity contribution is 7.80. The normalized spacial score (nSPS) is 14.5. The zero-order chi connectivity index (χ0) is 17.5. The van der Waals surface area contributed by atoms with Crippen molar-refractivity contribution in [2.45, 2.75) is 52.0 Å². The average molecular weight is 347 g/mol. The second-order valence-electron chi connectivity index (χ2n) is 6.53. The van der Waals surface area contributed by atoms with Gasteiger partial charge in [-0.15, -0.1) is 0 Å². The van der Waals surface area contributed by atoms with Crippen molar-refractivity contribution in [1.82, 2.24) is 10.6 Å². The smallest absolute Gasteiger partial charge is 0.253 e. The average Bonchev–Trinajstić information content (AvgIpc) is 2.99. The summed E-state index contributed by atoms with van der Waals surface area (Å²) in [7, 11) is 0. The van der Waals surface area contributed by atoms with Gasteiger partial charge < -0.3 is 16.0 Å². The Bertz CT molecular complexity index is 610. The van der Waals surface area contributed by atoms with Crippen molar-refractivity contribution in [3.05, 3.63) is 29.8 Å². The number of hydrogen-bond donors (Lipinski definition) is 3. The number of benzene rings is 1. The molecule has 2 amide bonds. The molecule has 0 heterocycles. The molecule has 0 unspecified atom stereocenters. The van der Waals surface area contributed by atoms with Gasteiger partial charge in [-0.3, -0.25) is 9.59 Å². The summed E-state index contributed by atoms with van der Waals surface area (Å²) in [4.78, 5) is 24.3. The fourth-order valence-corrected chi connectivity index (χ4v) is 3.16. The van der Waals surface area contributed by atoms with Crippen LogP contribution in [0.3, 0.4) is 0 Å². The summed E-state index contributed by atoms with van der Waals surface area (Å²) in [5.41, 5.74) is 1.08. The van der Waals surface area contributed by atoms with Crippen LogP contribution in [0.15, 0.2) is 24.3 Å². The van der Waals surface area contributed by atoms with Crippen LogP contribution >= 0.6 is 12.2 Å². The third-order valence-corrected chi connectivity index (χ3v) is 4.25. The van der Waals surface area contributed by atoms with E-state index in [1.54, 1.807) is 18.2 Å². The quantitative estimate of drug-likeness (QED) is 0.715. The molecule has 1 aliphatic carbocycles. The zero-order valence-electron chi connectivity index (χ0n) is 14.2. The Kier molecular flexibility index (Phi) is 6.73. The molecule has 0 atom stereocenters. The van der Waals surface area contributed by atoms with E-state index in [0.29, 0.717) is 23.6 Å². The molecule has 0 spiro atoms. The SMILES string of the molecule is CC(C)NC(=O)c1ccccc1NC(=S)NC(=O)CC1CCCC1. The largest absolute Gasteiger partial charge is 0.350 e. The molecule has 6 heteroatoms. The molecule has 1 aromatic carbocycles. The van der Waals surface area contributed by atoms with Gasteiger partial charge in [0.15, 0.2) is 5.11 Å². The lowest BCUT2D eigenvalue weighted by Gasteiger charge is -2.15. The van der Waals surface area contributed by atoms with Crippen LogP contribution in [0.25, 0.3) is 0 Å². The highest BCUT2D eigenvalue weighted by atomic mass is 32.1. The molecule has 3 N–H and O–H groups in total. The van der Waals surface area contributed by atoms with E-state index >= 15 is 0 Å². The van der Waals surface area contributed by atoms with Crippen LogP contribution in [0.1, 0.15) is 56.3 Å². The van der Waals surface area contributed by atoms with Gasteiger partial charge in [0.05, 0.1) is 11.3 Å². The van der Waals surface area contributed by atoms with Crippen molar-refractivity contribution in [3.8, 4) is 0 Å². The molecule has 130 valence electrons. The lowest BCUT2D eigenvalue weighted by Crippen LogP contribution is -2.36. The maximum absolute atomic E-state index is 12.2. The Morgan fingerprint density at radius 2 is 1.88 bits per heavy atom. The van der Waals surface area contributed by atoms with Gasteiger partial charge in [-0.1, -0.05) is 25.0 Å². The summed E-state index contributed by atoms with van der Waals surface area (Å²) >= 11 is 5.21. The van der Waals surface area contributed by atoms with Gasteiger partial charge in [-0.2, -0.15) is 0 Å². The van der Waals surface area contributed by atoms with Crippen molar-refractivity contribution < 1.29 is 9.59 Å². The molecule has 2 rings (SSSR count). The second-order valence-corrected chi connectivity index (χ2v) is 6.94. The molecule has 1 aromatic rings. The Morgan fingerprint density at radius 1 is 1.21 bits per heavy atom. The van der Waals surface area contributed by atoms with Crippen LogP contribution in [-0.4, -0.2) is 23.0 Å². The Labute approximate surface area is 148 Å². The van der Waals surface area contributed by atoms with Crippen LogP contribution in [-0.2, 0) is 4.79 Å². The maximum atomic E-state index is 12.2. The summed E-state index contributed by atoms with van der Waals surface area (Å²) < 4.78 is 0. The van der Waals surface area contributed by atoms with Crippen LogP contribution in [0, 0.1) is 5.92 Å². The van der Waals surface area contributed by atoms with Gasteiger partial charge in [0.2, 0.25) is 5.91 Å². The van der Waals surface area contributed by atoms with Gasteiger partial charge >= 0.3 is 0 Å². The molecule has 1 saturated carbocycles. The van der Waals surface area contributed by atoms with Crippen LogP contribution in [0.4, 0.5) is 5.69 Å². The minimum absolute atomic E-state index is 0.0450. The van der Waals surface area contributed by atoms with Crippen LogP contribution < -0.4 is 16.0 Å². The molecular formula is C18H25N3O2S. The van der Waals surface area contributed by atoms with Gasteiger partial charge in [0, 0.05) is 12.5 Å². The Morgan fingerprint density at radius 3 is 2.54 bits per heavy atom. The number of para-hydroxylation sites is 1. The van der Waals surface area contributed by atoms with E-state index in [1.165, 1.54) is 12.8 Å². The van der Waals surface area contributed by atoms with E-state index in [0.717, 1.165) is 12.8 Å². The van der Waals surface area contributed by atoms with E-state index < -0.39 is 0 Å². The molecule has 0 aromatic heterocycles. The van der Waals surface area contributed by atoms with E-state index in [9.17, 15) is 9.59 Å². The van der Waals surface area contributed by atoms with Crippen LogP contribution in [0.5, 0.6) is 0 Å². The van der Waals surface area contributed by atoms with Crippen LogP contribution in [0.2, 0.25) is 0 Å². The third-order valence-electron chi connectivity index (χ3n) is 4.04. The molecule has 0 saturated heterocycles. The molecule has 0 aliphatic heterocycles. The molecule has 0 radical (unpaired) electrons. The molecule has 0 bridgehead atoms. The third kappa shape index (κ3) is 5.60. The van der Waals surface area contributed by atoms with E-state index in [1.807, 2.05) is 19.9 Å². The number of hydrogen-bond acceptors (Lipinski definition) is 3. The summed E-state index contributed by atoms with van der Waals surface area (Å²) in [5.74, 6) is 0.230. The van der Waals surface area contributed by atoms with Crippen molar-refractivity contribution in [1.29, 1.82) is 0 Å². The summed E-state index contributed by atoms with van der Waals surface area (Å²) in [6.07, 6.45) is 5.16. The van der Waals surface area contributed by atoms with E-state index in [2.05, 4.69) is 16.0 Å². The molecular weight excluding hydrogens is 322 g/mol. The summed E-state index contributed by atoms with van der Waals surface area (Å²) in [5, 5.41) is 8.75. The summed E-state index contributed by atoms with van der Waals surface area (Å²) in [6.45, 7) is 3.81. The first kappa shape index (κ1) is 18.4. The molecule has 24 heavy (non-hydrogen) atoms. The van der Waals surface area contributed by atoms with Gasteiger partial charge in [0.1, 0.15) is 0 Å². The monoisotopic (exact) mass is 347 g/mol. The number of carbonyl (C=O) groups excluding carboxylic acids is 2. The van der Waals surface area contributed by atoms with E-state index in [-0.39, 0.29) is 23.0 Å². The van der Waals surface area contributed by atoms with Gasteiger partial charge in [-0.25, -0.2) is 0 Å². The Hall–Kier alpha value is -1.95. The highest BCUT2D eigenvalue weighted by Crippen LogP contribution is 2.27.